The predicted molar refractivity (Wildman–Crippen MR) is 207 cm³/mol. The summed E-state index contributed by atoms with van der Waals surface area (Å²) in [7, 11) is 0. The van der Waals surface area contributed by atoms with Gasteiger partial charge in [-0.3, -0.25) is 24.1 Å². The highest BCUT2D eigenvalue weighted by Gasteiger charge is 2.45. The fourth-order valence-corrected chi connectivity index (χ4v) is 6.84. The standard InChI is InChI=1S/C40H40N6O8S/c1-4-53-39(52)28-17-16-27(20-32(28)47)44-40-45-30(22-55-40)25-12-14-26(15-13-25)43-34(48)10-5-6-19-41-24(3)21-54-33-9-7-8-29-35(33)38(51)46(37(29)50)31-18-11-23(2)42-36(31)49/h7-9,12-17,20,22,31,41,47H,2-6,10-11,18-19,21H2,1H3,(H,42,49)(H,43,48)(H,44,45). The number of anilines is 3. The number of fused-ring (bicyclic) bond motifs is 1. The van der Waals surface area contributed by atoms with Gasteiger partial charge in [0.15, 0.2) is 5.13 Å². The molecule has 1 aromatic heterocycles. The maximum absolute atomic E-state index is 13.3. The van der Waals surface area contributed by atoms with E-state index in [1.165, 1.54) is 23.5 Å². The normalized spacial score (nSPS) is 14.9. The summed E-state index contributed by atoms with van der Waals surface area (Å²) in [5.41, 5.74) is 4.34. The highest BCUT2D eigenvalue weighted by Crippen LogP contribution is 2.34. The number of nitrogens with zero attached hydrogens (tertiary/aromatic N) is 2. The number of piperidine rings is 1. The molecule has 0 radical (unpaired) electrons. The van der Waals surface area contributed by atoms with Gasteiger partial charge < -0.3 is 35.8 Å². The highest BCUT2D eigenvalue weighted by atomic mass is 32.1. The van der Waals surface area contributed by atoms with E-state index in [0.717, 1.165) is 16.2 Å². The lowest BCUT2D eigenvalue weighted by atomic mass is 10.0. The van der Waals surface area contributed by atoms with Gasteiger partial charge >= 0.3 is 5.97 Å². The molecule has 0 bridgehead atoms. The number of imide groups is 1. The van der Waals surface area contributed by atoms with E-state index >= 15 is 0 Å². The van der Waals surface area contributed by atoms with Crippen LogP contribution in [0.3, 0.4) is 0 Å². The molecule has 6 rings (SSSR count). The number of rotatable bonds is 16. The topological polar surface area (TPSA) is 188 Å². The Morgan fingerprint density at radius 3 is 2.58 bits per heavy atom. The maximum Gasteiger partial charge on any atom is 0.341 e. The lowest BCUT2D eigenvalue weighted by molar-refractivity contribution is -0.125. The summed E-state index contributed by atoms with van der Waals surface area (Å²) in [4.78, 5) is 69.1. The van der Waals surface area contributed by atoms with Gasteiger partial charge in [0.25, 0.3) is 11.8 Å². The van der Waals surface area contributed by atoms with E-state index in [-0.39, 0.29) is 47.3 Å². The quantitative estimate of drug-likeness (QED) is 0.0503. The molecular weight excluding hydrogens is 725 g/mol. The number of carbonyl (C=O) groups excluding carboxylic acids is 5. The average Bonchev–Trinajstić information content (AvgIpc) is 3.72. The lowest BCUT2D eigenvalue weighted by Crippen LogP contribution is -2.51. The molecule has 0 saturated carbocycles. The van der Waals surface area contributed by atoms with Crippen LogP contribution in [-0.4, -0.2) is 70.4 Å². The second-order valence-electron chi connectivity index (χ2n) is 12.8. The minimum absolute atomic E-state index is 0.0494. The zero-order valence-corrected chi connectivity index (χ0v) is 30.9. The first-order valence-corrected chi connectivity index (χ1v) is 18.6. The first-order valence-electron chi connectivity index (χ1n) is 17.7. The lowest BCUT2D eigenvalue weighted by Gasteiger charge is -2.29. The third-order valence-corrected chi connectivity index (χ3v) is 9.62. The first-order chi connectivity index (χ1) is 26.5. The number of benzene rings is 3. The van der Waals surface area contributed by atoms with Gasteiger partial charge in [0.1, 0.15) is 29.7 Å². The summed E-state index contributed by atoms with van der Waals surface area (Å²) >= 11 is 1.38. The molecule has 2 aliphatic rings. The molecule has 0 spiro atoms. The van der Waals surface area contributed by atoms with Crippen LogP contribution in [0.2, 0.25) is 0 Å². The number of nitrogens with one attached hydrogen (secondary N) is 4. The summed E-state index contributed by atoms with van der Waals surface area (Å²) < 4.78 is 10.8. The van der Waals surface area contributed by atoms with Gasteiger partial charge in [0.05, 0.1) is 23.4 Å². The van der Waals surface area contributed by atoms with Crippen molar-refractivity contribution in [1.82, 2.24) is 20.5 Å². The zero-order chi connectivity index (χ0) is 39.1. The van der Waals surface area contributed by atoms with E-state index in [9.17, 15) is 29.1 Å². The number of hydrogen-bond acceptors (Lipinski definition) is 12. The third-order valence-electron chi connectivity index (χ3n) is 8.86. The van der Waals surface area contributed by atoms with Crippen molar-refractivity contribution in [2.45, 2.75) is 45.1 Å². The zero-order valence-electron chi connectivity index (χ0n) is 30.1. The van der Waals surface area contributed by atoms with Gasteiger partial charge in [-0.05, 0) is 69.0 Å². The molecule has 14 nitrogen and oxygen atoms in total. The van der Waals surface area contributed by atoms with Gasteiger partial charge in [-0.2, -0.15) is 0 Å². The summed E-state index contributed by atoms with van der Waals surface area (Å²) in [6, 6.07) is 15.8. The van der Waals surface area contributed by atoms with Gasteiger partial charge in [0.2, 0.25) is 11.8 Å². The number of ether oxygens (including phenoxy) is 2. The minimum Gasteiger partial charge on any atom is -0.507 e. The highest BCUT2D eigenvalue weighted by molar-refractivity contribution is 7.14. The summed E-state index contributed by atoms with van der Waals surface area (Å²) in [5.74, 6) is -2.20. The number of phenolic OH excluding ortho intramolecular Hbond substituents is 1. The fourth-order valence-electron chi connectivity index (χ4n) is 6.10. The molecule has 1 saturated heterocycles. The largest absolute Gasteiger partial charge is 0.507 e. The van der Waals surface area contributed by atoms with Crippen LogP contribution in [0.15, 0.2) is 90.6 Å². The second-order valence-corrected chi connectivity index (χ2v) is 13.7. The van der Waals surface area contributed by atoms with Crippen LogP contribution in [-0.2, 0) is 14.3 Å². The Bertz CT molecular complexity index is 2160. The summed E-state index contributed by atoms with van der Waals surface area (Å²) in [5, 5.41) is 24.6. The Hall–Kier alpha value is -6.48. The number of hydrogen-bond donors (Lipinski definition) is 5. The van der Waals surface area contributed by atoms with Crippen molar-refractivity contribution >= 4 is 57.4 Å². The molecule has 1 unspecified atom stereocenters. The molecule has 3 aromatic carbocycles. The SMILES string of the molecule is C=C(COc1cccc2c1C(=O)N(C1CCC(=C)NC1=O)C2=O)NCCCCC(=O)Nc1ccc(-c2csc(Nc3ccc(C(=O)OCC)c(O)c3)n2)cc1. The van der Waals surface area contributed by atoms with Crippen LogP contribution in [0, 0.1) is 0 Å². The number of amides is 4. The molecule has 4 aromatic rings. The third kappa shape index (κ3) is 9.01. The van der Waals surface area contributed by atoms with Gasteiger partial charge in [-0.1, -0.05) is 31.4 Å². The van der Waals surface area contributed by atoms with E-state index in [0.29, 0.717) is 66.5 Å². The molecule has 15 heteroatoms. The molecule has 1 atom stereocenters. The van der Waals surface area contributed by atoms with Crippen LogP contribution in [0.4, 0.5) is 16.5 Å². The molecule has 2 aliphatic heterocycles. The van der Waals surface area contributed by atoms with Crippen LogP contribution < -0.4 is 26.0 Å². The minimum atomic E-state index is -0.908. The number of aromatic nitrogens is 1. The van der Waals surface area contributed by atoms with Crippen molar-refractivity contribution < 1.29 is 38.6 Å². The number of phenols is 1. The number of carbonyl (C=O) groups is 5. The Balaban J connectivity index is 0.900. The molecule has 55 heavy (non-hydrogen) atoms. The predicted octanol–water partition coefficient (Wildman–Crippen LogP) is 6.12. The number of unbranched alkanes of at least 4 members (excludes halogenated alkanes) is 1. The molecule has 284 valence electrons. The molecule has 1 fully saturated rings. The van der Waals surface area contributed by atoms with E-state index in [1.807, 2.05) is 29.6 Å². The average molecular weight is 765 g/mol. The van der Waals surface area contributed by atoms with Crippen LogP contribution in [0.1, 0.15) is 70.1 Å². The van der Waals surface area contributed by atoms with Gasteiger partial charge in [-0.25, -0.2) is 9.78 Å². The fraction of sp³-hybridized carbons (Fsp3) is 0.250. The van der Waals surface area contributed by atoms with Crippen molar-refractivity contribution in [2.24, 2.45) is 0 Å². The second kappa shape index (κ2) is 17.1. The number of allylic oxidation sites excluding steroid dienone is 1. The van der Waals surface area contributed by atoms with E-state index < -0.39 is 29.7 Å². The van der Waals surface area contributed by atoms with Crippen LogP contribution >= 0.6 is 11.3 Å². The Labute approximate surface area is 321 Å². The Kier molecular flexibility index (Phi) is 11.9. The maximum atomic E-state index is 13.3. The van der Waals surface area contributed by atoms with Crippen LogP contribution in [0.25, 0.3) is 11.3 Å². The summed E-state index contributed by atoms with van der Waals surface area (Å²) in [6.45, 7) is 10.2. The molecule has 3 heterocycles. The smallest absolute Gasteiger partial charge is 0.341 e. The van der Waals surface area contributed by atoms with Crippen molar-refractivity contribution in [3.63, 3.8) is 0 Å². The van der Waals surface area contributed by atoms with E-state index in [1.54, 1.807) is 31.2 Å². The van der Waals surface area contributed by atoms with Crippen molar-refractivity contribution in [3.8, 4) is 22.8 Å². The molecule has 4 amide bonds. The number of aromatic hydroxyl groups is 1. The van der Waals surface area contributed by atoms with Gasteiger partial charge in [0, 0.05) is 52.7 Å². The molecule has 0 aliphatic carbocycles. The van der Waals surface area contributed by atoms with Crippen molar-refractivity contribution in [2.75, 3.05) is 30.4 Å². The van der Waals surface area contributed by atoms with Crippen molar-refractivity contribution in [3.05, 3.63) is 107 Å². The Morgan fingerprint density at radius 1 is 1.05 bits per heavy atom. The monoisotopic (exact) mass is 764 g/mol. The van der Waals surface area contributed by atoms with Crippen molar-refractivity contribution in [1.29, 1.82) is 0 Å². The van der Waals surface area contributed by atoms with E-state index in [4.69, 9.17) is 9.47 Å². The number of thiazole rings is 1. The Morgan fingerprint density at radius 2 is 1.84 bits per heavy atom. The first kappa shape index (κ1) is 38.3. The molecular formula is C40H40N6O8S. The van der Waals surface area contributed by atoms with Gasteiger partial charge in [-0.15, -0.1) is 11.3 Å². The number of esters is 1. The molecule has 5 N–H and O–H groups in total. The van der Waals surface area contributed by atoms with Crippen LogP contribution in [0.5, 0.6) is 11.5 Å². The summed E-state index contributed by atoms with van der Waals surface area (Å²) in [6.07, 6.45) is 2.43. The van der Waals surface area contributed by atoms with E-state index in [2.05, 4.69) is 39.4 Å².